The lowest BCUT2D eigenvalue weighted by atomic mass is 10.0. The maximum absolute atomic E-state index is 12.0. The molecule has 1 N–H and O–H groups in total. The average molecular weight is 340 g/mol. The first-order chi connectivity index (χ1) is 9.60. The molecule has 1 amide bonds. The van der Waals surface area contributed by atoms with Gasteiger partial charge in [0.2, 0.25) is 5.91 Å². The molecule has 0 fully saturated rings. The standard InChI is InChI=1S/C17H26BrNO/c1-4-7-15(18)12-13-8-10-16(11-9-13)19-17(20)14(5-2)6-3/h8-11,14-15H,4-7,12H2,1-3H3,(H,19,20). The molecule has 0 bridgehead atoms. The molecule has 0 saturated carbocycles. The highest BCUT2D eigenvalue weighted by molar-refractivity contribution is 9.09. The average Bonchev–Trinajstić information content (AvgIpc) is 2.42. The SMILES string of the molecule is CCCC(Br)Cc1ccc(NC(=O)C(CC)CC)cc1. The monoisotopic (exact) mass is 339 g/mol. The summed E-state index contributed by atoms with van der Waals surface area (Å²) < 4.78 is 0. The highest BCUT2D eigenvalue weighted by Gasteiger charge is 2.14. The van der Waals surface area contributed by atoms with Gasteiger partial charge in [-0.05, 0) is 43.4 Å². The summed E-state index contributed by atoms with van der Waals surface area (Å²) in [6.45, 7) is 6.31. The van der Waals surface area contributed by atoms with E-state index in [2.05, 4.69) is 54.2 Å². The molecule has 1 aromatic rings. The number of benzene rings is 1. The Morgan fingerprint density at radius 2 is 1.75 bits per heavy atom. The van der Waals surface area contributed by atoms with Crippen LogP contribution in [0.15, 0.2) is 24.3 Å². The van der Waals surface area contributed by atoms with Gasteiger partial charge in [0, 0.05) is 16.4 Å². The lowest BCUT2D eigenvalue weighted by Gasteiger charge is -2.13. The van der Waals surface area contributed by atoms with Crippen molar-refractivity contribution in [3.63, 3.8) is 0 Å². The van der Waals surface area contributed by atoms with Crippen LogP contribution < -0.4 is 5.32 Å². The molecule has 1 unspecified atom stereocenters. The summed E-state index contributed by atoms with van der Waals surface area (Å²) in [6, 6.07) is 8.21. The van der Waals surface area contributed by atoms with Gasteiger partial charge < -0.3 is 5.32 Å². The smallest absolute Gasteiger partial charge is 0.227 e. The molecule has 0 radical (unpaired) electrons. The second-order valence-electron chi connectivity index (χ2n) is 5.29. The molecule has 0 aliphatic heterocycles. The number of nitrogens with one attached hydrogen (secondary N) is 1. The fourth-order valence-corrected chi connectivity index (χ4v) is 3.13. The maximum Gasteiger partial charge on any atom is 0.227 e. The highest BCUT2D eigenvalue weighted by atomic mass is 79.9. The Kier molecular flexibility index (Phi) is 7.90. The lowest BCUT2D eigenvalue weighted by Crippen LogP contribution is -2.21. The predicted octanol–water partition coefficient (Wildman–Crippen LogP) is 5.17. The van der Waals surface area contributed by atoms with Gasteiger partial charge in [0.05, 0.1) is 0 Å². The summed E-state index contributed by atoms with van der Waals surface area (Å²) in [7, 11) is 0. The third-order valence-electron chi connectivity index (χ3n) is 3.64. The van der Waals surface area contributed by atoms with E-state index < -0.39 is 0 Å². The molecule has 112 valence electrons. The van der Waals surface area contributed by atoms with Crippen LogP contribution in [0, 0.1) is 5.92 Å². The zero-order chi connectivity index (χ0) is 15.0. The number of anilines is 1. The maximum atomic E-state index is 12.0. The topological polar surface area (TPSA) is 29.1 Å². The van der Waals surface area contributed by atoms with Crippen LogP contribution in [-0.4, -0.2) is 10.7 Å². The molecule has 0 saturated heterocycles. The van der Waals surface area contributed by atoms with E-state index in [0.717, 1.165) is 24.9 Å². The van der Waals surface area contributed by atoms with Gasteiger partial charge in [-0.25, -0.2) is 0 Å². The predicted molar refractivity (Wildman–Crippen MR) is 90.5 cm³/mol. The number of rotatable bonds is 8. The number of halogens is 1. The van der Waals surface area contributed by atoms with Crippen molar-refractivity contribution in [1.82, 2.24) is 0 Å². The van der Waals surface area contributed by atoms with Crippen molar-refractivity contribution in [3.05, 3.63) is 29.8 Å². The summed E-state index contributed by atoms with van der Waals surface area (Å²) in [4.78, 5) is 12.5. The van der Waals surface area contributed by atoms with Gasteiger partial charge in [-0.2, -0.15) is 0 Å². The molecule has 0 heterocycles. The van der Waals surface area contributed by atoms with Gasteiger partial charge in [0.1, 0.15) is 0 Å². The number of amides is 1. The van der Waals surface area contributed by atoms with Gasteiger partial charge in [0.15, 0.2) is 0 Å². The first kappa shape index (κ1) is 17.2. The van der Waals surface area contributed by atoms with Crippen LogP contribution in [0.2, 0.25) is 0 Å². The second-order valence-corrected chi connectivity index (χ2v) is 6.58. The van der Waals surface area contributed by atoms with Crippen LogP contribution in [0.3, 0.4) is 0 Å². The van der Waals surface area contributed by atoms with Crippen molar-refractivity contribution in [3.8, 4) is 0 Å². The van der Waals surface area contributed by atoms with Crippen molar-refractivity contribution in [2.75, 3.05) is 5.32 Å². The number of alkyl halides is 1. The Bertz CT molecular complexity index is 398. The van der Waals surface area contributed by atoms with Crippen molar-refractivity contribution >= 4 is 27.5 Å². The van der Waals surface area contributed by atoms with E-state index in [1.54, 1.807) is 0 Å². The van der Waals surface area contributed by atoms with Crippen LogP contribution in [0.4, 0.5) is 5.69 Å². The van der Waals surface area contributed by atoms with Crippen molar-refractivity contribution in [2.24, 2.45) is 5.92 Å². The summed E-state index contributed by atoms with van der Waals surface area (Å²) >= 11 is 3.70. The van der Waals surface area contributed by atoms with Crippen LogP contribution >= 0.6 is 15.9 Å². The summed E-state index contributed by atoms with van der Waals surface area (Å²) in [5.41, 5.74) is 2.20. The zero-order valence-electron chi connectivity index (χ0n) is 12.8. The quantitative estimate of drug-likeness (QED) is 0.650. The van der Waals surface area contributed by atoms with Crippen molar-refractivity contribution in [1.29, 1.82) is 0 Å². The Hall–Kier alpha value is -0.830. The summed E-state index contributed by atoms with van der Waals surface area (Å²) in [5, 5.41) is 3.00. The van der Waals surface area contributed by atoms with Gasteiger partial charge in [0.25, 0.3) is 0 Å². The van der Waals surface area contributed by atoms with Crippen LogP contribution in [-0.2, 0) is 11.2 Å². The molecule has 1 aromatic carbocycles. The van der Waals surface area contributed by atoms with E-state index >= 15 is 0 Å². The van der Waals surface area contributed by atoms with E-state index in [1.165, 1.54) is 18.4 Å². The highest BCUT2D eigenvalue weighted by Crippen LogP contribution is 2.18. The van der Waals surface area contributed by atoms with E-state index in [0.29, 0.717) is 4.83 Å². The first-order valence-corrected chi connectivity index (χ1v) is 8.56. The van der Waals surface area contributed by atoms with Gasteiger partial charge in [-0.15, -0.1) is 0 Å². The zero-order valence-corrected chi connectivity index (χ0v) is 14.4. The van der Waals surface area contributed by atoms with Gasteiger partial charge >= 0.3 is 0 Å². The molecule has 1 atom stereocenters. The molecule has 2 nitrogen and oxygen atoms in total. The van der Waals surface area contributed by atoms with Crippen molar-refractivity contribution < 1.29 is 4.79 Å². The molecule has 0 aromatic heterocycles. The molecule has 3 heteroatoms. The lowest BCUT2D eigenvalue weighted by molar-refractivity contribution is -0.120. The Labute approximate surface area is 131 Å². The van der Waals surface area contributed by atoms with E-state index in [4.69, 9.17) is 0 Å². The van der Waals surface area contributed by atoms with Gasteiger partial charge in [-0.1, -0.05) is 55.3 Å². The minimum atomic E-state index is 0.117. The fraction of sp³-hybridized carbons (Fsp3) is 0.588. The van der Waals surface area contributed by atoms with Gasteiger partial charge in [-0.3, -0.25) is 4.79 Å². The van der Waals surface area contributed by atoms with E-state index in [1.807, 2.05) is 12.1 Å². The van der Waals surface area contributed by atoms with Crippen LogP contribution in [0.5, 0.6) is 0 Å². The third-order valence-corrected chi connectivity index (χ3v) is 4.42. The van der Waals surface area contributed by atoms with Crippen LogP contribution in [0.25, 0.3) is 0 Å². The summed E-state index contributed by atoms with van der Waals surface area (Å²) in [5.74, 6) is 0.248. The van der Waals surface area contributed by atoms with Crippen molar-refractivity contribution in [2.45, 2.75) is 57.7 Å². The Morgan fingerprint density at radius 1 is 1.15 bits per heavy atom. The van der Waals surface area contributed by atoms with E-state index in [9.17, 15) is 4.79 Å². The molecular weight excluding hydrogens is 314 g/mol. The normalized spacial score (nSPS) is 12.4. The minimum absolute atomic E-state index is 0.117. The number of hydrogen-bond donors (Lipinski definition) is 1. The molecule has 0 aliphatic rings. The Balaban J connectivity index is 2.56. The number of hydrogen-bond acceptors (Lipinski definition) is 1. The first-order valence-electron chi connectivity index (χ1n) is 7.64. The fourth-order valence-electron chi connectivity index (χ4n) is 2.30. The number of carbonyl (C=O) groups is 1. The number of carbonyl (C=O) groups excluding carboxylic acids is 1. The largest absolute Gasteiger partial charge is 0.326 e. The second kappa shape index (κ2) is 9.17. The molecular formula is C17H26BrNO. The molecule has 0 spiro atoms. The molecule has 0 aliphatic carbocycles. The summed E-state index contributed by atoms with van der Waals surface area (Å²) in [6.07, 6.45) is 5.20. The minimum Gasteiger partial charge on any atom is -0.326 e. The Morgan fingerprint density at radius 3 is 2.25 bits per heavy atom. The molecule has 1 rings (SSSR count). The third kappa shape index (κ3) is 5.66. The molecule has 20 heavy (non-hydrogen) atoms. The van der Waals surface area contributed by atoms with E-state index in [-0.39, 0.29) is 11.8 Å². The van der Waals surface area contributed by atoms with Crippen LogP contribution in [0.1, 0.15) is 52.0 Å².